The molecule has 0 bridgehead atoms. The number of thioether (sulfide) groups is 1. The van der Waals surface area contributed by atoms with E-state index in [2.05, 4.69) is 15.2 Å². The molecule has 4 aromatic rings. The lowest BCUT2D eigenvalue weighted by molar-refractivity contribution is 0.485. The van der Waals surface area contributed by atoms with Crippen molar-refractivity contribution in [2.75, 3.05) is 0 Å². The maximum absolute atomic E-state index is 14.4. The van der Waals surface area contributed by atoms with Gasteiger partial charge in [-0.2, -0.15) is 0 Å². The highest BCUT2D eigenvalue weighted by atomic mass is 32.2. The Kier molecular flexibility index (Phi) is 4.26. The van der Waals surface area contributed by atoms with Crippen molar-refractivity contribution >= 4 is 22.7 Å². The van der Waals surface area contributed by atoms with Gasteiger partial charge in [-0.05, 0) is 24.3 Å². The van der Waals surface area contributed by atoms with Gasteiger partial charge >= 0.3 is 0 Å². The molecular weight excluding hydrogens is 355 g/mol. The van der Waals surface area contributed by atoms with Crippen LogP contribution in [0.25, 0.3) is 16.6 Å². The predicted octanol–water partition coefficient (Wildman–Crippen LogP) is 3.51. The van der Waals surface area contributed by atoms with Crippen LogP contribution in [0, 0.1) is 12.7 Å². The molecule has 8 heteroatoms. The number of nitrogens with zero attached hydrogens (tertiary/aromatic N) is 4. The van der Waals surface area contributed by atoms with Crippen molar-refractivity contribution in [1.82, 2.24) is 19.7 Å². The molecule has 0 N–H and O–H groups in total. The smallest absolute Gasteiger partial charge is 0.266 e. The largest absolute Gasteiger partial charge is 0.425 e. The van der Waals surface area contributed by atoms with Gasteiger partial charge in [-0.15, -0.1) is 10.2 Å². The molecule has 0 saturated carbocycles. The van der Waals surface area contributed by atoms with E-state index < -0.39 is 5.82 Å². The zero-order valence-electron chi connectivity index (χ0n) is 13.7. The molecule has 0 spiro atoms. The Labute approximate surface area is 151 Å². The Bertz CT molecular complexity index is 1160. The number of fused-ring (bicyclic) bond motifs is 1. The zero-order chi connectivity index (χ0) is 18.1. The molecule has 2 aromatic heterocycles. The van der Waals surface area contributed by atoms with Crippen molar-refractivity contribution in [3.63, 3.8) is 0 Å². The van der Waals surface area contributed by atoms with E-state index in [9.17, 15) is 9.18 Å². The standard InChI is InChI=1S/C18H13FN4O2S/c1-11-21-22-16(25-11)10-26-18-20-14-8-4-2-6-12(14)17(24)23(18)15-9-5-3-7-13(15)19/h2-9H,10H2,1H3. The van der Waals surface area contributed by atoms with Gasteiger partial charge in [0.25, 0.3) is 5.56 Å². The minimum atomic E-state index is -0.498. The molecule has 0 saturated heterocycles. The average molecular weight is 368 g/mol. The molecule has 2 aromatic carbocycles. The molecule has 0 amide bonds. The van der Waals surface area contributed by atoms with Gasteiger partial charge in [0.1, 0.15) is 5.82 Å². The van der Waals surface area contributed by atoms with Gasteiger partial charge in [-0.1, -0.05) is 36.0 Å². The van der Waals surface area contributed by atoms with Crippen molar-refractivity contribution in [2.45, 2.75) is 17.8 Å². The van der Waals surface area contributed by atoms with E-state index in [-0.39, 0.29) is 11.2 Å². The molecule has 26 heavy (non-hydrogen) atoms. The second-order valence-corrected chi connectivity index (χ2v) is 6.45. The Morgan fingerprint density at radius 1 is 1.12 bits per heavy atom. The predicted molar refractivity (Wildman–Crippen MR) is 95.9 cm³/mol. The van der Waals surface area contributed by atoms with E-state index in [4.69, 9.17) is 4.42 Å². The van der Waals surface area contributed by atoms with Crippen molar-refractivity contribution in [3.8, 4) is 5.69 Å². The number of para-hydroxylation sites is 2. The summed E-state index contributed by atoms with van der Waals surface area (Å²) in [6, 6.07) is 13.1. The molecule has 2 heterocycles. The van der Waals surface area contributed by atoms with Crippen LogP contribution >= 0.6 is 11.8 Å². The van der Waals surface area contributed by atoms with E-state index in [1.165, 1.54) is 22.4 Å². The molecule has 0 aliphatic heterocycles. The fourth-order valence-electron chi connectivity index (χ4n) is 2.58. The van der Waals surface area contributed by atoms with Crippen molar-refractivity contribution < 1.29 is 8.81 Å². The average Bonchev–Trinajstić information content (AvgIpc) is 3.06. The van der Waals surface area contributed by atoms with Gasteiger partial charge < -0.3 is 4.42 Å². The van der Waals surface area contributed by atoms with Crippen LogP contribution in [0.1, 0.15) is 11.8 Å². The third-order valence-corrected chi connectivity index (χ3v) is 4.65. The van der Waals surface area contributed by atoms with Crippen LogP contribution < -0.4 is 5.56 Å². The molecule has 0 radical (unpaired) electrons. The van der Waals surface area contributed by atoms with E-state index in [1.54, 1.807) is 49.4 Å². The number of hydrogen-bond acceptors (Lipinski definition) is 6. The van der Waals surface area contributed by atoms with Crippen LogP contribution in [0.3, 0.4) is 0 Å². The molecule has 0 aliphatic carbocycles. The highest BCUT2D eigenvalue weighted by Crippen LogP contribution is 2.25. The molecule has 4 rings (SSSR count). The van der Waals surface area contributed by atoms with Crippen molar-refractivity contribution in [3.05, 3.63) is 76.5 Å². The first-order chi connectivity index (χ1) is 12.6. The number of aryl methyl sites for hydroxylation is 1. The Morgan fingerprint density at radius 3 is 2.65 bits per heavy atom. The van der Waals surface area contributed by atoms with Gasteiger partial charge in [0.15, 0.2) is 5.16 Å². The van der Waals surface area contributed by atoms with Gasteiger partial charge in [-0.3, -0.25) is 9.36 Å². The third-order valence-electron chi connectivity index (χ3n) is 3.73. The Balaban J connectivity index is 1.88. The number of rotatable bonds is 4. The lowest BCUT2D eigenvalue weighted by Gasteiger charge is -2.13. The van der Waals surface area contributed by atoms with Crippen LogP contribution in [0.15, 0.2) is 62.9 Å². The maximum Gasteiger partial charge on any atom is 0.266 e. The summed E-state index contributed by atoms with van der Waals surface area (Å²) in [5.74, 6) is 0.691. The number of benzene rings is 2. The van der Waals surface area contributed by atoms with Crippen LogP contribution in [0.4, 0.5) is 4.39 Å². The molecule has 0 atom stereocenters. The van der Waals surface area contributed by atoms with Crippen molar-refractivity contribution in [2.24, 2.45) is 0 Å². The molecular formula is C18H13FN4O2S. The first kappa shape index (κ1) is 16.5. The Morgan fingerprint density at radius 2 is 1.88 bits per heavy atom. The number of hydrogen-bond donors (Lipinski definition) is 0. The fourth-order valence-corrected chi connectivity index (χ4v) is 3.42. The van der Waals surface area contributed by atoms with Crippen LogP contribution in [-0.4, -0.2) is 19.7 Å². The summed E-state index contributed by atoms with van der Waals surface area (Å²) in [5, 5.41) is 8.50. The van der Waals surface area contributed by atoms with Crippen LogP contribution in [0.5, 0.6) is 0 Å². The van der Waals surface area contributed by atoms with E-state index in [0.29, 0.717) is 33.6 Å². The minimum Gasteiger partial charge on any atom is -0.425 e. The molecule has 130 valence electrons. The topological polar surface area (TPSA) is 73.8 Å². The summed E-state index contributed by atoms with van der Waals surface area (Å²) < 4.78 is 21.0. The Hall–Kier alpha value is -3.00. The van der Waals surface area contributed by atoms with Gasteiger partial charge in [-0.25, -0.2) is 9.37 Å². The molecule has 6 nitrogen and oxygen atoms in total. The first-order valence-corrected chi connectivity index (χ1v) is 8.80. The maximum atomic E-state index is 14.4. The van der Waals surface area contributed by atoms with Gasteiger partial charge in [0.2, 0.25) is 11.8 Å². The highest BCUT2D eigenvalue weighted by molar-refractivity contribution is 7.98. The van der Waals surface area contributed by atoms with E-state index >= 15 is 0 Å². The van der Waals surface area contributed by atoms with Gasteiger partial charge in [0.05, 0.1) is 22.3 Å². The monoisotopic (exact) mass is 368 g/mol. The van der Waals surface area contributed by atoms with Crippen molar-refractivity contribution in [1.29, 1.82) is 0 Å². The summed E-state index contributed by atoms with van der Waals surface area (Å²) in [5.41, 5.74) is 0.374. The lowest BCUT2D eigenvalue weighted by atomic mass is 10.2. The summed E-state index contributed by atoms with van der Waals surface area (Å²) in [6.07, 6.45) is 0. The summed E-state index contributed by atoms with van der Waals surface area (Å²) in [4.78, 5) is 17.6. The van der Waals surface area contributed by atoms with E-state index in [1.807, 2.05) is 0 Å². The summed E-state index contributed by atoms with van der Waals surface area (Å²) >= 11 is 1.23. The van der Waals surface area contributed by atoms with Crippen LogP contribution in [-0.2, 0) is 5.75 Å². The molecule has 0 aliphatic rings. The fraction of sp³-hybridized carbons (Fsp3) is 0.111. The summed E-state index contributed by atoms with van der Waals surface area (Å²) in [7, 11) is 0. The SMILES string of the molecule is Cc1nnc(CSc2nc3ccccc3c(=O)n2-c2ccccc2F)o1. The van der Waals surface area contributed by atoms with Gasteiger partial charge in [0, 0.05) is 6.92 Å². The lowest BCUT2D eigenvalue weighted by Crippen LogP contribution is -2.22. The van der Waals surface area contributed by atoms with Crippen LogP contribution in [0.2, 0.25) is 0 Å². The second kappa shape index (κ2) is 6.72. The molecule has 0 fully saturated rings. The first-order valence-electron chi connectivity index (χ1n) is 7.82. The molecule has 0 unspecified atom stereocenters. The zero-order valence-corrected chi connectivity index (χ0v) is 14.5. The number of aromatic nitrogens is 4. The minimum absolute atomic E-state index is 0.153. The number of halogens is 1. The van der Waals surface area contributed by atoms with E-state index in [0.717, 1.165) is 0 Å². The quantitative estimate of drug-likeness (QED) is 0.405. The second-order valence-electron chi connectivity index (χ2n) is 5.51. The normalized spacial score (nSPS) is 11.2. The highest BCUT2D eigenvalue weighted by Gasteiger charge is 2.16. The summed E-state index contributed by atoms with van der Waals surface area (Å²) in [6.45, 7) is 1.70. The third kappa shape index (κ3) is 2.99.